The molecule has 1 aromatic heterocycles. The van der Waals surface area contributed by atoms with E-state index in [0.29, 0.717) is 28.3 Å². The zero-order chi connectivity index (χ0) is 16.2. The van der Waals surface area contributed by atoms with Crippen LogP contribution in [0.1, 0.15) is 51.9 Å². The third kappa shape index (κ3) is 4.44. The summed E-state index contributed by atoms with van der Waals surface area (Å²) in [5, 5.41) is 7.45. The van der Waals surface area contributed by atoms with Crippen molar-refractivity contribution in [3.05, 3.63) is 11.2 Å². The van der Waals surface area contributed by atoms with Crippen LogP contribution >= 0.6 is 23.8 Å². The first-order valence-corrected chi connectivity index (χ1v) is 9.29. The number of thiocarbonyl (C=S) groups is 1. The van der Waals surface area contributed by atoms with Gasteiger partial charge in [0.25, 0.3) is 0 Å². The van der Waals surface area contributed by atoms with Crippen LogP contribution in [0.15, 0.2) is 6.07 Å². The van der Waals surface area contributed by atoms with E-state index < -0.39 is 0 Å². The zero-order valence-electron chi connectivity index (χ0n) is 13.5. The largest absolute Gasteiger partial charge is 0.360 e. The molecule has 5 nitrogen and oxygen atoms in total. The van der Waals surface area contributed by atoms with Gasteiger partial charge in [-0.2, -0.15) is 4.98 Å². The molecule has 1 atom stereocenters. The Labute approximate surface area is 148 Å². The van der Waals surface area contributed by atoms with Gasteiger partial charge in [0.15, 0.2) is 5.11 Å². The molecule has 1 aliphatic carbocycles. The predicted octanol–water partition coefficient (Wildman–Crippen LogP) is 3.74. The Kier molecular flexibility index (Phi) is 5.54. The van der Waals surface area contributed by atoms with Crippen LogP contribution in [0.5, 0.6) is 0 Å². The van der Waals surface area contributed by atoms with Gasteiger partial charge in [-0.1, -0.05) is 24.4 Å². The fourth-order valence-corrected chi connectivity index (χ4v) is 3.88. The van der Waals surface area contributed by atoms with E-state index in [2.05, 4.69) is 32.4 Å². The van der Waals surface area contributed by atoms with Crippen LogP contribution in [0.2, 0.25) is 5.15 Å². The van der Waals surface area contributed by atoms with Crippen molar-refractivity contribution >= 4 is 40.7 Å². The topological polar surface area (TPSA) is 53.1 Å². The highest BCUT2D eigenvalue weighted by Gasteiger charge is 2.21. The van der Waals surface area contributed by atoms with Crippen LogP contribution in [0, 0.1) is 0 Å². The number of anilines is 2. The minimum absolute atomic E-state index is 0.443. The summed E-state index contributed by atoms with van der Waals surface area (Å²) in [5.41, 5.74) is 0. The van der Waals surface area contributed by atoms with E-state index in [-0.39, 0.29) is 0 Å². The molecule has 0 aromatic carbocycles. The second kappa shape index (κ2) is 7.62. The van der Waals surface area contributed by atoms with Crippen molar-refractivity contribution in [2.45, 2.75) is 64.0 Å². The average molecular weight is 354 g/mol. The standard InChI is InChI=1S/C16H24ClN5S/c1-11-6-4-5-9-22(11)14-10-13(17)19-15(20-14)21-16(23)18-12-7-2-3-8-12/h10-12H,2-9H2,1H3,(H2,18,19,20,21,23). The number of hydrogen-bond donors (Lipinski definition) is 2. The molecule has 126 valence electrons. The summed E-state index contributed by atoms with van der Waals surface area (Å²) in [7, 11) is 0. The fraction of sp³-hybridized carbons (Fsp3) is 0.688. The number of halogens is 1. The molecular formula is C16H24ClN5S. The number of nitrogens with zero attached hydrogens (tertiary/aromatic N) is 3. The van der Waals surface area contributed by atoms with E-state index in [4.69, 9.17) is 23.8 Å². The van der Waals surface area contributed by atoms with Crippen molar-refractivity contribution in [2.24, 2.45) is 0 Å². The molecule has 1 saturated heterocycles. The molecule has 1 saturated carbocycles. The lowest BCUT2D eigenvalue weighted by atomic mass is 10.0. The lowest BCUT2D eigenvalue weighted by Crippen LogP contribution is -2.39. The van der Waals surface area contributed by atoms with Gasteiger partial charge in [0.05, 0.1) is 0 Å². The molecule has 3 rings (SSSR count). The van der Waals surface area contributed by atoms with Gasteiger partial charge in [-0.3, -0.25) is 0 Å². The normalized spacial score (nSPS) is 22.2. The first-order chi connectivity index (χ1) is 11.1. The van der Waals surface area contributed by atoms with Gasteiger partial charge >= 0.3 is 0 Å². The summed E-state index contributed by atoms with van der Waals surface area (Å²) in [6, 6.07) is 2.78. The number of piperidine rings is 1. The predicted molar refractivity (Wildman–Crippen MR) is 99.3 cm³/mol. The highest BCUT2D eigenvalue weighted by Crippen LogP contribution is 2.25. The molecule has 1 aliphatic heterocycles. The molecule has 23 heavy (non-hydrogen) atoms. The molecule has 2 fully saturated rings. The summed E-state index contributed by atoms with van der Waals surface area (Å²) in [5.74, 6) is 1.35. The van der Waals surface area contributed by atoms with E-state index in [0.717, 1.165) is 12.4 Å². The molecule has 0 amide bonds. The van der Waals surface area contributed by atoms with Gasteiger partial charge < -0.3 is 15.5 Å². The maximum atomic E-state index is 6.19. The summed E-state index contributed by atoms with van der Waals surface area (Å²) in [4.78, 5) is 11.2. The van der Waals surface area contributed by atoms with Crippen LogP contribution < -0.4 is 15.5 Å². The van der Waals surface area contributed by atoms with Crippen molar-refractivity contribution in [1.82, 2.24) is 15.3 Å². The first-order valence-electron chi connectivity index (χ1n) is 8.50. The highest BCUT2D eigenvalue weighted by atomic mass is 35.5. The quantitative estimate of drug-likeness (QED) is 0.637. The van der Waals surface area contributed by atoms with Crippen molar-refractivity contribution in [3.63, 3.8) is 0 Å². The fourth-order valence-electron chi connectivity index (χ4n) is 3.44. The van der Waals surface area contributed by atoms with Crippen molar-refractivity contribution in [2.75, 3.05) is 16.8 Å². The second-order valence-corrected chi connectivity index (χ2v) is 7.29. The van der Waals surface area contributed by atoms with Gasteiger partial charge in [0, 0.05) is 24.7 Å². The molecule has 1 aromatic rings. The summed E-state index contributed by atoms with van der Waals surface area (Å²) in [6.07, 6.45) is 8.54. The zero-order valence-corrected chi connectivity index (χ0v) is 15.1. The number of hydrogen-bond acceptors (Lipinski definition) is 4. The Hall–Kier alpha value is -1.14. The van der Waals surface area contributed by atoms with Crippen LogP contribution in [0.3, 0.4) is 0 Å². The molecule has 0 radical (unpaired) electrons. The van der Waals surface area contributed by atoms with Crippen LogP contribution in [-0.4, -0.2) is 33.7 Å². The maximum Gasteiger partial charge on any atom is 0.232 e. The van der Waals surface area contributed by atoms with Gasteiger partial charge in [0.1, 0.15) is 11.0 Å². The Morgan fingerprint density at radius 3 is 2.70 bits per heavy atom. The Bertz CT molecular complexity index is 561. The van der Waals surface area contributed by atoms with Crippen molar-refractivity contribution in [3.8, 4) is 0 Å². The Balaban J connectivity index is 1.68. The monoisotopic (exact) mass is 353 g/mol. The van der Waals surface area contributed by atoms with E-state index in [1.165, 1.54) is 44.9 Å². The molecule has 0 bridgehead atoms. The summed E-state index contributed by atoms with van der Waals surface area (Å²) >= 11 is 11.6. The Morgan fingerprint density at radius 2 is 1.96 bits per heavy atom. The smallest absolute Gasteiger partial charge is 0.232 e. The van der Waals surface area contributed by atoms with Gasteiger partial charge in [-0.15, -0.1) is 0 Å². The molecule has 1 unspecified atom stereocenters. The van der Waals surface area contributed by atoms with Gasteiger partial charge in [-0.05, 0) is 51.2 Å². The third-order valence-electron chi connectivity index (χ3n) is 4.69. The number of rotatable bonds is 3. The van der Waals surface area contributed by atoms with Crippen molar-refractivity contribution in [1.29, 1.82) is 0 Å². The third-order valence-corrected chi connectivity index (χ3v) is 5.11. The minimum Gasteiger partial charge on any atom is -0.360 e. The number of aromatic nitrogens is 2. The van der Waals surface area contributed by atoms with E-state index in [1.54, 1.807) is 0 Å². The van der Waals surface area contributed by atoms with Crippen molar-refractivity contribution < 1.29 is 0 Å². The molecule has 2 aliphatic rings. The first kappa shape index (κ1) is 16.7. The van der Waals surface area contributed by atoms with Gasteiger partial charge in [-0.25, -0.2) is 4.98 Å². The average Bonchev–Trinajstić information content (AvgIpc) is 2.99. The maximum absolute atomic E-state index is 6.19. The molecule has 0 spiro atoms. The molecule has 2 N–H and O–H groups in total. The minimum atomic E-state index is 0.443. The van der Waals surface area contributed by atoms with Crippen LogP contribution in [0.25, 0.3) is 0 Å². The summed E-state index contributed by atoms with van der Waals surface area (Å²) < 4.78 is 0. The SMILES string of the molecule is CC1CCCCN1c1cc(Cl)nc(NC(=S)NC2CCCC2)n1. The van der Waals surface area contributed by atoms with E-state index >= 15 is 0 Å². The molecule has 7 heteroatoms. The lowest BCUT2D eigenvalue weighted by Gasteiger charge is -2.34. The van der Waals surface area contributed by atoms with E-state index in [9.17, 15) is 0 Å². The summed E-state index contributed by atoms with van der Waals surface area (Å²) in [6.45, 7) is 3.24. The molecule has 2 heterocycles. The molecular weight excluding hydrogens is 330 g/mol. The number of nitrogens with one attached hydrogen (secondary N) is 2. The van der Waals surface area contributed by atoms with Crippen LogP contribution in [-0.2, 0) is 0 Å². The Morgan fingerprint density at radius 1 is 1.22 bits per heavy atom. The van der Waals surface area contributed by atoms with Gasteiger partial charge in [0.2, 0.25) is 5.95 Å². The van der Waals surface area contributed by atoms with Crippen LogP contribution in [0.4, 0.5) is 11.8 Å². The highest BCUT2D eigenvalue weighted by molar-refractivity contribution is 7.80. The second-order valence-electron chi connectivity index (χ2n) is 6.49. The van der Waals surface area contributed by atoms with E-state index in [1.807, 2.05) is 6.07 Å². The lowest BCUT2D eigenvalue weighted by molar-refractivity contribution is 0.481.